The van der Waals surface area contributed by atoms with Crippen LogP contribution in [0.3, 0.4) is 0 Å². The molecule has 1 atom stereocenters. The molecule has 1 aliphatic heterocycles. The van der Waals surface area contributed by atoms with Crippen LogP contribution in [0.2, 0.25) is 5.02 Å². The number of anilines is 2. The summed E-state index contributed by atoms with van der Waals surface area (Å²) in [5.41, 5.74) is 1.09. The third kappa shape index (κ3) is 7.72. The first-order chi connectivity index (χ1) is 19.4. The second-order valence-electron chi connectivity index (χ2n) is 9.06. The number of aliphatic carboxylic acids is 1. The highest BCUT2D eigenvalue weighted by molar-refractivity contribution is 6.30. The molecule has 0 saturated heterocycles. The Morgan fingerprint density at radius 1 is 1.07 bits per heavy atom. The van der Waals surface area contributed by atoms with Crippen molar-refractivity contribution in [2.75, 3.05) is 30.5 Å². The molecule has 0 fully saturated rings. The van der Waals surface area contributed by atoms with Gasteiger partial charge >= 0.3 is 12.3 Å². The average Bonchev–Trinajstić information content (AvgIpc) is 3.32. The van der Waals surface area contributed by atoms with Crippen LogP contribution >= 0.6 is 11.6 Å². The van der Waals surface area contributed by atoms with E-state index in [2.05, 4.69) is 10.1 Å². The Balaban J connectivity index is 1.67. The van der Waals surface area contributed by atoms with Crippen molar-refractivity contribution in [3.05, 3.63) is 76.6 Å². The molecule has 2 N–H and O–H groups in total. The quantitative estimate of drug-likeness (QED) is 0.196. The summed E-state index contributed by atoms with van der Waals surface area (Å²) in [4.78, 5) is 26.0. The Kier molecular flexibility index (Phi) is 9.11. The van der Waals surface area contributed by atoms with E-state index < -0.39 is 35.8 Å². The fourth-order valence-electron chi connectivity index (χ4n) is 4.39. The Morgan fingerprint density at radius 3 is 2.51 bits per heavy atom. The number of carbonyl (C=O) groups excluding carboxylic acids is 1. The fourth-order valence-corrected chi connectivity index (χ4v) is 4.54. The molecule has 0 aliphatic carbocycles. The van der Waals surface area contributed by atoms with E-state index in [4.69, 9.17) is 26.2 Å². The lowest BCUT2D eigenvalue weighted by Crippen LogP contribution is -2.37. The highest BCUT2D eigenvalue weighted by Gasteiger charge is 2.35. The minimum Gasteiger partial charge on any atom is -0.497 e. The van der Waals surface area contributed by atoms with Crippen LogP contribution in [0.15, 0.2) is 54.6 Å². The summed E-state index contributed by atoms with van der Waals surface area (Å²) >= 11 is 5.93. The van der Waals surface area contributed by atoms with E-state index in [1.54, 1.807) is 12.1 Å². The maximum atomic E-state index is 15.2. The number of alkyl halides is 3. The van der Waals surface area contributed by atoms with Gasteiger partial charge in [-0.15, -0.1) is 13.2 Å². The summed E-state index contributed by atoms with van der Waals surface area (Å²) in [6, 6.07) is 10.9. The highest BCUT2D eigenvalue weighted by Crippen LogP contribution is 2.37. The molecular weight excluding hydrogens is 572 g/mol. The van der Waals surface area contributed by atoms with Gasteiger partial charge in [-0.1, -0.05) is 23.7 Å². The number of ether oxygens (including phenoxy) is 3. The van der Waals surface area contributed by atoms with Crippen LogP contribution in [0, 0.1) is 5.82 Å². The van der Waals surface area contributed by atoms with Crippen molar-refractivity contribution in [1.82, 2.24) is 0 Å². The van der Waals surface area contributed by atoms with Crippen LogP contribution in [0.25, 0.3) is 0 Å². The number of rotatable bonds is 11. The van der Waals surface area contributed by atoms with Crippen molar-refractivity contribution >= 4 is 34.9 Å². The summed E-state index contributed by atoms with van der Waals surface area (Å²) in [6.45, 7) is 0.243. The number of amides is 1. The Morgan fingerprint density at radius 2 is 1.83 bits per heavy atom. The standard InChI is InChI=1S/C28H25ClF4N2O6/c1-39-20-12-18(13-21(14-20)40-10-2-3-25(36)37)34-26(22-7-5-17(29)11-23(22)30)27(38)35-9-8-16-4-6-19(15-24(16)35)41-28(31,32)33/h4-7,11-15,26,34H,2-3,8-10H2,1H3,(H,36,37). The van der Waals surface area contributed by atoms with E-state index in [1.807, 2.05) is 0 Å². The van der Waals surface area contributed by atoms with E-state index in [9.17, 15) is 22.8 Å². The van der Waals surface area contributed by atoms with Crippen LogP contribution in [0.1, 0.15) is 30.0 Å². The predicted octanol–water partition coefficient (Wildman–Crippen LogP) is 6.37. The SMILES string of the molecule is COc1cc(NC(C(=O)N2CCc3ccc(OC(F)(F)F)cc32)c2ccc(Cl)cc2F)cc(OCCCC(=O)O)c1. The maximum absolute atomic E-state index is 15.2. The van der Waals surface area contributed by atoms with Crippen LogP contribution in [-0.4, -0.2) is 43.6 Å². The van der Waals surface area contributed by atoms with Gasteiger partial charge in [0.25, 0.3) is 5.91 Å². The lowest BCUT2D eigenvalue weighted by atomic mass is 10.0. The summed E-state index contributed by atoms with van der Waals surface area (Å²) < 4.78 is 68.7. The molecule has 3 aromatic carbocycles. The smallest absolute Gasteiger partial charge is 0.497 e. The maximum Gasteiger partial charge on any atom is 0.573 e. The van der Waals surface area contributed by atoms with Crippen LogP contribution in [0.4, 0.5) is 28.9 Å². The largest absolute Gasteiger partial charge is 0.573 e. The Bertz CT molecular complexity index is 1440. The molecule has 8 nitrogen and oxygen atoms in total. The topological polar surface area (TPSA) is 97.3 Å². The summed E-state index contributed by atoms with van der Waals surface area (Å²) in [5, 5.41) is 11.9. The van der Waals surface area contributed by atoms with Gasteiger partial charge in [-0.25, -0.2) is 4.39 Å². The number of fused-ring (bicyclic) bond motifs is 1. The monoisotopic (exact) mass is 596 g/mol. The number of nitrogens with zero attached hydrogens (tertiary/aromatic N) is 1. The van der Waals surface area contributed by atoms with Crippen molar-refractivity contribution in [3.8, 4) is 17.2 Å². The van der Waals surface area contributed by atoms with Gasteiger partial charge in [0.1, 0.15) is 29.1 Å². The molecule has 41 heavy (non-hydrogen) atoms. The van der Waals surface area contributed by atoms with Gasteiger partial charge in [0, 0.05) is 53.5 Å². The van der Waals surface area contributed by atoms with Gasteiger partial charge in [0.15, 0.2) is 0 Å². The zero-order valence-electron chi connectivity index (χ0n) is 21.6. The minimum atomic E-state index is -4.92. The van der Waals surface area contributed by atoms with E-state index in [1.165, 1.54) is 42.3 Å². The van der Waals surface area contributed by atoms with Crippen LogP contribution < -0.4 is 24.4 Å². The average molecular weight is 597 g/mol. The second-order valence-corrected chi connectivity index (χ2v) is 9.50. The van der Waals surface area contributed by atoms with E-state index >= 15 is 4.39 Å². The van der Waals surface area contributed by atoms with Crippen molar-refractivity contribution < 1.29 is 46.5 Å². The lowest BCUT2D eigenvalue weighted by molar-refractivity contribution is -0.274. The molecular formula is C28H25ClF4N2O6. The predicted molar refractivity (Wildman–Crippen MR) is 142 cm³/mol. The Labute approximate surface area is 237 Å². The molecule has 218 valence electrons. The normalized spacial score (nSPS) is 13.4. The molecule has 0 aromatic heterocycles. The first-order valence-electron chi connectivity index (χ1n) is 12.4. The van der Waals surface area contributed by atoms with Crippen molar-refractivity contribution in [2.45, 2.75) is 31.7 Å². The molecule has 1 heterocycles. The molecule has 0 saturated carbocycles. The summed E-state index contributed by atoms with van der Waals surface area (Å²) in [5.74, 6) is -2.22. The van der Waals surface area contributed by atoms with Crippen molar-refractivity contribution in [2.24, 2.45) is 0 Å². The molecule has 4 rings (SSSR count). The van der Waals surface area contributed by atoms with Crippen LogP contribution in [0.5, 0.6) is 17.2 Å². The van der Waals surface area contributed by atoms with Gasteiger partial charge in [-0.05, 0) is 36.6 Å². The number of methoxy groups -OCH3 is 1. The van der Waals surface area contributed by atoms with E-state index in [-0.39, 0.29) is 42.3 Å². The van der Waals surface area contributed by atoms with E-state index in [0.717, 1.165) is 12.1 Å². The third-order valence-electron chi connectivity index (χ3n) is 6.20. The molecule has 13 heteroatoms. The number of carboxylic acids is 1. The van der Waals surface area contributed by atoms with Crippen molar-refractivity contribution in [1.29, 1.82) is 0 Å². The number of halogens is 5. The first-order valence-corrected chi connectivity index (χ1v) is 12.8. The van der Waals surface area contributed by atoms with Crippen molar-refractivity contribution in [3.63, 3.8) is 0 Å². The highest BCUT2D eigenvalue weighted by atomic mass is 35.5. The lowest BCUT2D eigenvalue weighted by Gasteiger charge is -2.27. The molecule has 0 bridgehead atoms. The third-order valence-corrected chi connectivity index (χ3v) is 6.44. The Hall–Kier alpha value is -4.19. The summed E-state index contributed by atoms with van der Waals surface area (Å²) in [7, 11) is 1.41. The molecule has 0 radical (unpaired) electrons. The molecule has 1 unspecified atom stereocenters. The van der Waals surface area contributed by atoms with Gasteiger partial charge < -0.3 is 29.5 Å². The minimum absolute atomic E-state index is 0.0534. The number of nitrogens with one attached hydrogen (secondary N) is 1. The van der Waals surface area contributed by atoms with Gasteiger partial charge in [0.2, 0.25) is 0 Å². The zero-order valence-corrected chi connectivity index (χ0v) is 22.4. The number of hydrogen-bond acceptors (Lipinski definition) is 6. The summed E-state index contributed by atoms with van der Waals surface area (Å²) in [6.07, 6.45) is -4.38. The van der Waals surface area contributed by atoms with Gasteiger partial charge in [-0.2, -0.15) is 0 Å². The fraction of sp³-hybridized carbons (Fsp3) is 0.286. The number of carbonyl (C=O) groups is 2. The second kappa shape index (κ2) is 12.5. The molecule has 1 amide bonds. The molecule has 0 spiro atoms. The number of carboxylic acid groups (broad SMARTS) is 1. The zero-order chi connectivity index (χ0) is 29.7. The number of benzene rings is 3. The van der Waals surface area contributed by atoms with E-state index in [0.29, 0.717) is 29.2 Å². The first kappa shape index (κ1) is 29.8. The molecule has 3 aromatic rings. The van der Waals surface area contributed by atoms with Gasteiger partial charge in [-0.3, -0.25) is 9.59 Å². The molecule has 1 aliphatic rings. The number of hydrogen-bond donors (Lipinski definition) is 2. The van der Waals surface area contributed by atoms with Crippen LogP contribution in [-0.2, 0) is 16.0 Å². The van der Waals surface area contributed by atoms with Gasteiger partial charge in [0.05, 0.1) is 19.4 Å².